The number of nitrogens with zero attached hydrogens (tertiary/aromatic N) is 3. The Kier molecular flexibility index (Phi) is 5.94. The molecule has 3 aromatic rings. The molecule has 0 spiro atoms. The normalized spacial score (nSPS) is 17.1. The number of fused-ring (bicyclic) bond motifs is 2. The Morgan fingerprint density at radius 3 is 2.83 bits per heavy atom. The summed E-state index contributed by atoms with van der Waals surface area (Å²) in [5.74, 6) is -0.607. The third kappa shape index (κ3) is 4.46. The number of rotatable bonds is 6. The van der Waals surface area contributed by atoms with Gasteiger partial charge in [-0.25, -0.2) is 9.37 Å². The lowest BCUT2D eigenvalue weighted by molar-refractivity contribution is -0.0159. The number of halogens is 1. The van der Waals surface area contributed by atoms with E-state index in [4.69, 9.17) is 4.74 Å². The van der Waals surface area contributed by atoms with Gasteiger partial charge in [-0.2, -0.15) is 0 Å². The van der Waals surface area contributed by atoms with Gasteiger partial charge in [0.1, 0.15) is 11.7 Å². The molecule has 2 aliphatic rings. The lowest BCUT2D eigenvalue weighted by Crippen LogP contribution is -2.42. The van der Waals surface area contributed by atoms with Crippen molar-refractivity contribution in [1.82, 2.24) is 14.9 Å². The third-order valence-electron chi connectivity index (χ3n) is 6.54. The number of nitrogens with one attached hydrogen (secondary N) is 2. The molecule has 0 saturated carbocycles. The smallest absolute Gasteiger partial charge is 0.257 e. The zero-order valence-corrected chi connectivity index (χ0v) is 19.7. The molecule has 9 nitrogen and oxygen atoms in total. The number of alkyl halides is 1. The molecule has 184 valence electrons. The van der Waals surface area contributed by atoms with Crippen molar-refractivity contribution in [2.45, 2.75) is 32.2 Å². The second-order valence-electron chi connectivity index (χ2n) is 9.49. The molecule has 2 aliphatic heterocycles. The summed E-state index contributed by atoms with van der Waals surface area (Å²) in [6.07, 6.45) is -0.0462. The number of hydrogen-bond acceptors (Lipinski definition) is 6. The maximum atomic E-state index is 14.5. The van der Waals surface area contributed by atoms with Gasteiger partial charge < -0.3 is 29.9 Å². The highest BCUT2D eigenvalue weighted by atomic mass is 19.1. The zero-order valence-electron chi connectivity index (χ0n) is 19.7. The Balaban J connectivity index is 1.48. The van der Waals surface area contributed by atoms with Crippen molar-refractivity contribution in [2.24, 2.45) is 0 Å². The summed E-state index contributed by atoms with van der Waals surface area (Å²) in [6.45, 7) is 5.04. The van der Waals surface area contributed by atoms with Gasteiger partial charge in [0, 0.05) is 25.2 Å². The number of imidazole rings is 1. The second-order valence-corrected chi connectivity index (χ2v) is 9.49. The van der Waals surface area contributed by atoms with Gasteiger partial charge >= 0.3 is 0 Å². The average Bonchev–Trinajstić information content (AvgIpc) is 3.43. The number of H-pyrrole nitrogens is 1. The highest BCUT2D eigenvalue weighted by Gasteiger charge is 2.35. The van der Waals surface area contributed by atoms with E-state index in [1.165, 1.54) is 18.7 Å². The van der Waals surface area contributed by atoms with Gasteiger partial charge in [-0.15, -0.1) is 0 Å². The summed E-state index contributed by atoms with van der Waals surface area (Å²) in [7, 11) is 0. The summed E-state index contributed by atoms with van der Waals surface area (Å²) in [4.78, 5) is 37.1. The Morgan fingerprint density at radius 2 is 2.09 bits per heavy atom. The van der Waals surface area contributed by atoms with E-state index in [0.29, 0.717) is 59.9 Å². The average molecular weight is 482 g/mol. The monoisotopic (exact) mass is 481 g/mol. The van der Waals surface area contributed by atoms with Crippen LogP contribution >= 0.6 is 0 Å². The molecule has 1 aromatic heterocycles. The van der Waals surface area contributed by atoms with Crippen molar-refractivity contribution in [3.05, 3.63) is 53.3 Å². The molecule has 2 amide bonds. The highest BCUT2D eigenvalue weighted by molar-refractivity contribution is 6.13. The minimum absolute atomic E-state index is 0.200. The van der Waals surface area contributed by atoms with Crippen LogP contribution in [0.4, 0.5) is 15.8 Å². The van der Waals surface area contributed by atoms with E-state index in [2.05, 4.69) is 20.2 Å². The fraction of sp³-hybridized carbons (Fsp3) is 0.400. The second kappa shape index (κ2) is 8.94. The van der Waals surface area contributed by atoms with Crippen LogP contribution in [0.25, 0.3) is 11.0 Å². The molecule has 1 atom stereocenters. The SMILES string of the molecule is CC(C)(O)C(F)CN1Cc2cc(NC(=O)c3cccc4[nH]cnc34)c(N3CCOCC3)cc2C1=O. The van der Waals surface area contributed by atoms with E-state index >= 15 is 0 Å². The third-order valence-corrected chi connectivity index (χ3v) is 6.54. The van der Waals surface area contributed by atoms with Crippen LogP contribution < -0.4 is 10.2 Å². The number of carbonyl (C=O) groups is 2. The topological polar surface area (TPSA) is 111 Å². The van der Waals surface area contributed by atoms with Crippen molar-refractivity contribution in [3.63, 3.8) is 0 Å². The van der Waals surface area contributed by atoms with E-state index in [-0.39, 0.29) is 24.9 Å². The van der Waals surface area contributed by atoms with Gasteiger partial charge in [-0.3, -0.25) is 9.59 Å². The molecule has 2 aromatic carbocycles. The number of para-hydroxylation sites is 1. The number of aliphatic hydroxyl groups is 1. The Morgan fingerprint density at radius 1 is 1.31 bits per heavy atom. The molecule has 0 radical (unpaired) electrons. The van der Waals surface area contributed by atoms with Crippen molar-refractivity contribution in [3.8, 4) is 0 Å². The molecule has 35 heavy (non-hydrogen) atoms. The lowest BCUT2D eigenvalue weighted by Gasteiger charge is -2.31. The predicted molar refractivity (Wildman–Crippen MR) is 129 cm³/mol. The number of morpholine rings is 1. The Hall–Kier alpha value is -3.50. The molecular weight excluding hydrogens is 453 g/mol. The zero-order chi connectivity index (χ0) is 24.7. The molecular formula is C25H28FN5O4. The summed E-state index contributed by atoms with van der Waals surface area (Å²) in [5.41, 5.74) is 2.65. The molecule has 5 rings (SSSR count). The van der Waals surface area contributed by atoms with Crippen LogP contribution in [0.15, 0.2) is 36.7 Å². The van der Waals surface area contributed by atoms with E-state index in [0.717, 1.165) is 5.52 Å². The van der Waals surface area contributed by atoms with Gasteiger partial charge in [0.2, 0.25) is 0 Å². The van der Waals surface area contributed by atoms with Crippen molar-refractivity contribution < 1.29 is 23.8 Å². The molecule has 3 N–H and O–H groups in total. The van der Waals surface area contributed by atoms with Crippen LogP contribution in [0.3, 0.4) is 0 Å². The molecule has 0 aliphatic carbocycles. The van der Waals surface area contributed by atoms with Crippen LogP contribution in [-0.4, -0.2) is 76.4 Å². The number of anilines is 2. The number of hydrogen-bond donors (Lipinski definition) is 3. The molecule has 1 saturated heterocycles. The summed E-state index contributed by atoms with van der Waals surface area (Å²) in [5, 5.41) is 13.0. The molecule has 1 fully saturated rings. The molecule has 3 heterocycles. The van der Waals surface area contributed by atoms with Crippen molar-refractivity contribution >= 4 is 34.2 Å². The van der Waals surface area contributed by atoms with E-state index in [1.54, 1.807) is 30.6 Å². The molecule has 10 heteroatoms. The Bertz CT molecular complexity index is 1280. The highest BCUT2D eigenvalue weighted by Crippen LogP contribution is 2.36. The van der Waals surface area contributed by atoms with Gasteiger partial charge in [0.15, 0.2) is 0 Å². The number of ether oxygens (including phenoxy) is 1. The number of aromatic nitrogens is 2. The van der Waals surface area contributed by atoms with Crippen molar-refractivity contribution in [1.29, 1.82) is 0 Å². The quantitative estimate of drug-likeness (QED) is 0.499. The van der Waals surface area contributed by atoms with E-state index < -0.39 is 11.8 Å². The summed E-state index contributed by atoms with van der Waals surface area (Å²) >= 11 is 0. The first-order valence-corrected chi connectivity index (χ1v) is 11.6. The van der Waals surface area contributed by atoms with Crippen LogP contribution in [0.5, 0.6) is 0 Å². The predicted octanol–water partition coefficient (Wildman–Crippen LogP) is 2.72. The standard InChI is InChI=1S/C25H28FN5O4/c1-25(2,34)21(26)13-31-12-15-10-19(20(11-17(15)24(31)33)30-6-8-35-9-7-30)29-23(32)16-4-3-5-18-22(16)28-14-27-18/h3-5,10-11,14,21,34H,6-9,12-13H2,1-2H3,(H,27,28)(H,29,32). The number of benzene rings is 2. The summed E-state index contributed by atoms with van der Waals surface area (Å²) < 4.78 is 20.0. The fourth-order valence-corrected chi connectivity index (χ4v) is 4.48. The maximum Gasteiger partial charge on any atom is 0.257 e. The first kappa shape index (κ1) is 23.3. The fourth-order valence-electron chi connectivity index (χ4n) is 4.48. The molecule has 1 unspecified atom stereocenters. The van der Waals surface area contributed by atoms with Gasteiger partial charge in [0.05, 0.1) is 54.1 Å². The van der Waals surface area contributed by atoms with E-state index in [1.807, 2.05) is 6.07 Å². The maximum absolute atomic E-state index is 14.5. The molecule has 0 bridgehead atoms. The Labute approximate surface area is 201 Å². The first-order valence-electron chi connectivity index (χ1n) is 11.6. The van der Waals surface area contributed by atoms with Crippen LogP contribution in [-0.2, 0) is 11.3 Å². The minimum atomic E-state index is -1.59. The largest absolute Gasteiger partial charge is 0.387 e. The lowest BCUT2D eigenvalue weighted by atomic mass is 10.0. The van der Waals surface area contributed by atoms with Crippen molar-refractivity contribution in [2.75, 3.05) is 43.1 Å². The van der Waals surface area contributed by atoms with Crippen LogP contribution in [0.1, 0.15) is 40.1 Å². The van der Waals surface area contributed by atoms with Crippen LogP contribution in [0.2, 0.25) is 0 Å². The first-order chi connectivity index (χ1) is 16.7. The van der Waals surface area contributed by atoms with E-state index in [9.17, 15) is 19.1 Å². The number of amides is 2. The minimum Gasteiger partial charge on any atom is -0.387 e. The van der Waals surface area contributed by atoms with Gasteiger partial charge in [0.25, 0.3) is 11.8 Å². The van der Waals surface area contributed by atoms with Crippen LogP contribution in [0, 0.1) is 0 Å². The number of aromatic amines is 1. The van der Waals surface area contributed by atoms with Gasteiger partial charge in [-0.05, 0) is 43.7 Å². The summed E-state index contributed by atoms with van der Waals surface area (Å²) in [6, 6.07) is 8.90. The van der Waals surface area contributed by atoms with Gasteiger partial charge in [-0.1, -0.05) is 6.07 Å². The number of carbonyl (C=O) groups excluding carboxylic acids is 2.